The average Bonchev–Trinajstić information content (AvgIpc) is 2.85. The summed E-state index contributed by atoms with van der Waals surface area (Å²) in [6.45, 7) is 3.47. The van der Waals surface area contributed by atoms with E-state index >= 15 is 0 Å². The predicted octanol–water partition coefficient (Wildman–Crippen LogP) is 1.25. The number of methoxy groups -OCH3 is 1. The summed E-state index contributed by atoms with van der Waals surface area (Å²) in [6.07, 6.45) is 1.65. The fourth-order valence-corrected chi connectivity index (χ4v) is 1.39. The van der Waals surface area contributed by atoms with E-state index in [2.05, 4.69) is 20.4 Å². The van der Waals surface area contributed by atoms with E-state index in [-0.39, 0.29) is 0 Å². The fourth-order valence-electron chi connectivity index (χ4n) is 1.39. The van der Waals surface area contributed by atoms with Crippen molar-refractivity contribution < 1.29 is 9.26 Å². The zero-order valence-electron chi connectivity index (χ0n) is 9.80. The normalized spacial score (nSPS) is 10.5. The Hall–Kier alpha value is -1.95. The molecule has 0 aliphatic rings. The lowest BCUT2D eigenvalue weighted by Gasteiger charge is -2.01. The monoisotopic (exact) mass is 234 g/mol. The van der Waals surface area contributed by atoms with Crippen LogP contribution in [0.15, 0.2) is 22.9 Å². The highest BCUT2D eigenvalue weighted by Gasteiger charge is 2.13. The molecule has 6 heteroatoms. The van der Waals surface area contributed by atoms with E-state index in [9.17, 15) is 0 Å². The first-order valence-corrected chi connectivity index (χ1v) is 5.37. The van der Waals surface area contributed by atoms with Crippen molar-refractivity contribution in [2.45, 2.75) is 13.5 Å². The SMILES string of the molecule is CCNCc1noc(-c2cccnc2OC)n1. The summed E-state index contributed by atoms with van der Waals surface area (Å²) in [5, 5.41) is 7.00. The molecule has 2 rings (SSSR count). The minimum Gasteiger partial charge on any atom is -0.480 e. The second kappa shape index (κ2) is 5.40. The number of pyridine rings is 1. The molecule has 17 heavy (non-hydrogen) atoms. The molecule has 0 fully saturated rings. The Bertz CT molecular complexity index is 484. The van der Waals surface area contributed by atoms with E-state index in [1.165, 1.54) is 0 Å². The molecule has 2 heterocycles. The summed E-state index contributed by atoms with van der Waals surface area (Å²) < 4.78 is 10.3. The Morgan fingerprint density at radius 3 is 3.12 bits per heavy atom. The number of hydrogen-bond acceptors (Lipinski definition) is 6. The first-order valence-electron chi connectivity index (χ1n) is 5.37. The van der Waals surface area contributed by atoms with Crippen molar-refractivity contribution in [2.75, 3.05) is 13.7 Å². The van der Waals surface area contributed by atoms with Gasteiger partial charge in [0.25, 0.3) is 5.89 Å². The van der Waals surface area contributed by atoms with Crippen LogP contribution in [0, 0.1) is 0 Å². The molecule has 90 valence electrons. The number of hydrogen-bond donors (Lipinski definition) is 1. The first-order chi connectivity index (χ1) is 8.35. The van der Waals surface area contributed by atoms with Gasteiger partial charge in [-0.3, -0.25) is 0 Å². The Labute approximate surface area is 99.0 Å². The van der Waals surface area contributed by atoms with Gasteiger partial charge in [-0.05, 0) is 18.7 Å². The van der Waals surface area contributed by atoms with Crippen LogP contribution in [0.25, 0.3) is 11.5 Å². The van der Waals surface area contributed by atoms with Crippen LogP contribution in [0.4, 0.5) is 0 Å². The van der Waals surface area contributed by atoms with Gasteiger partial charge in [0.05, 0.1) is 13.7 Å². The molecule has 0 unspecified atom stereocenters. The third-order valence-electron chi connectivity index (χ3n) is 2.20. The molecular weight excluding hydrogens is 220 g/mol. The van der Waals surface area contributed by atoms with Crippen molar-refractivity contribution in [2.24, 2.45) is 0 Å². The number of ether oxygens (including phenoxy) is 1. The standard InChI is InChI=1S/C11H14N4O2/c1-3-12-7-9-14-11(17-15-9)8-5-4-6-13-10(8)16-2/h4-6,12H,3,7H2,1-2H3. The third-order valence-corrected chi connectivity index (χ3v) is 2.20. The van der Waals surface area contributed by atoms with E-state index < -0.39 is 0 Å². The van der Waals surface area contributed by atoms with Gasteiger partial charge in [-0.15, -0.1) is 0 Å². The summed E-state index contributed by atoms with van der Waals surface area (Å²) in [5.74, 6) is 1.52. The van der Waals surface area contributed by atoms with Crippen LogP contribution in [0.3, 0.4) is 0 Å². The van der Waals surface area contributed by atoms with Gasteiger partial charge >= 0.3 is 0 Å². The van der Waals surface area contributed by atoms with Crippen LogP contribution in [-0.2, 0) is 6.54 Å². The van der Waals surface area contributed by atoms with Crippen LogP contribution in [-0.4, -0.2) is 28.8 Å². The van der Waals surface area contributed by atoms with Crippen molar-refractivity contribution in [3.63, 3.8) is 0 Å². The molecule has 0 aromatic carbocycles. The molecule has 0 bridgehead atoms. The largest absolute Gasteiger partial charge is 0.480 e. The molecule has 0 aliphatic heterocycles. The highest BCUT2D eigenvalue weighted by Crippen LogP contribution is 2.25. The molecule has 0 aliphatic carbocycles. The zero-order chi connectivity index (χ0) is 12.1. The van der Waals surface area contributed by atoms with Gasteiger partial charge in [0.2, 0.25) is 5.88 Å². The molecule has 1 N–H and O–H groups in total. The lowest BCUT2D eigenvalue weighted by molar-refractivity contribution is 0.390. The van der Waals surface area contributed by atoms with Gasteiger partial charge in [-0.1, -0.05) is 12.1 Å². The van der Waals surface area contributed by atoms with Gasteiger partial charge in [-0.25, -0.2) is 4.98 Å². The van der Waals surface area contributed by atoms with E-state index in [4.69, 9.17) is 9.26 Å². The maximum atomic E-state index is 5.17. The third kappa shape index (κ3) is 2.59. The van der Waals surface area contributed by atoms with Crippen LogP contribution >= 0.6 is 0 Å². The summed E-state index contributed by atoms with van der Waals surface area (Å²) in [6, 6.07) is 3.63. The van der Waals surface area contributed by atoms with Crippen molar-refractivity contribution in [1.82, 2.24) is 20.4 Å². The van der Waals surface area contributed by atoms with Crippen molar-refractivity contribution in [1.29, 1.82) is 0 Å². The summed E-state index contributed by atoms with van der Waals surface area (Å²) in [7, 11) is 1.56. The minimum atomic E-state index is 0.419. The molecule has 0 amide bonds. The molecule has 6 nitrogen and oxygen atoms in total. The summed E-state index contributed by atoms with van der Waals surface area (Å²) in [5.41, 5.74) is 0.699. The highest BCUT2D eigenvalue weighted by molar-refractivity contribution is 5.59. The fraction of sp³-hybridized carbons (Fsp3) is 0.364. The Balaban J connectivity index is 2.24. The molecular formula is C11H14N4O2. The maximum Gasteiger partial charge on any atom is 0.263 e. The van der Waals surface area contributed by atoms with Crippen LogP contribution < -0.4 is 10.1 Å². The Morgan fingerprint density at radius 2 is 2.35 bits per heavy atom. The molecule has 0 saturated heterocycles. The highest BCUT2D eigenvalue weighted by atomic mass is 16.5. The molecule has 0 atom stereocenters. The number of aromatic nitrogens is 3. The number of rotatable bonds is 5. The number of nitrogens with one attached hydrogen (secondary N) is 1. The summed E-state index contributed by atoms with van der Waals surface area (Å²) >= 11 is 0. The molecule has 2 aromatic rings. The van der Waals surface area contributed by atoms with Crippen molar-refractivity contribution in [3.05, 3.63) is 24.2 Å². The second-order valence-corrected chi connectivity index (χ2v) is 3.36. The number of nitrogens with zero attached hydrogens (tertiary/aromatic N) is 3. The maximum absolute atomic E-state index is 5.17. The summed E-state index contributed by atoms with van der Waals surface area (Å²) in [4.78, 5) is 8.35. The van der Waals surface area contributed by atoms with Crippen LogP contribution in [0.1, 0.15) is 12.7 Å². The van der Waals surface area contributed by atoms with Crippen LogP contribution in [0.5, 0.6) is 5.88 Å². The molecule has 0 spiro atoms. The van der Waals surface area contributed by atoms with E-state index in [1.54, 1.807) is 19.4 Å². The van der Waals surface area contributed by atoms with E-state index in [0.29, 0.717) is 29.7 Å². The Morgan fingerprint density at radius 1 is 1.47 bits per heavy atom. The second-order valence-electron chi connectivity index (χ2n) is 3.36. The zero-order valence-corrected chi connectivity index (χ0v) is 9.80. The molecule has 0 saturated carbocycles. The molecule has 2 aromatic heterocycles. The van der Waals surface area contributed by atoms with Crippen LogP contribution in [0.2, 0.25) is 0 Å². The average molecular weight is 234 g/mol. The molecule has 0 radical (unpaired) electrons. The Kier molecular flexibility index (Phi) is 3.66. The van der Waals surface area contributed by atoms with E-state index in [1.807, 2.05) is 13.0 Å². The minimum absolute atomic E-state index is 0.419. The quantitative estimate of drug-likeness (QED) is 0.839. The van der Waals surface area contributed by atoms with Gasteiger partial charge in [0, 0.05) is 6.20 Å². The lowest BCUT2D eigenvalue weighted by Crippen LogP contribution is -2.12. The smallest absolute Gasteiger partial charge is 0.263 e. The first kappa shape index (κ1) is 11.5. The van der Waals surface area contributed by atoms with Gasteiger partial charge in [-0.2, -0.15) is 4.98 Å². The van der Waals surface area contributed by atoms with Gasteiger partial charge in [0.1, 0.15) is 5.56 Å². The van der Waals surface area contributed by atoms with E-state index in [0.717, 1.165) is 6.54 Å². The van der Waals surface area contributed by atoms with Crippen molar-refractivity contribution >= 4 is 0 Å². The van der Waals surface area contributed by atoms with Gasteiger partial charge < -0.3 is 14.6 Å². The topological polar surface area (TPSA) is 73.1 Å². The van der Waals surface area contributed by atoms with Gasteiger partial charge in [0.15, 0.2) is 5.82 Å². The predicted molar refractivity (Wildman–Crippen MR) is 61.5 cm³/mol. The van der Waals surface area contributed by atoms with Crippen molar-refractivity contribution in [3.8, 4) is 17.3 Å². The lowest BCUT2D eigenvalue weighted by atomic mass is 10.3.